The first-order valence-electron chi connectivity index (χ1n) is 6.69. The van der Waals surface area contributed by atoms with Crippen LogP contribution in [-0.2, 0) is 16.6 Å². The molecule has 6 nitrogen and oxygen atoms in total. The van der Waals surface area contributed by atoms with Crippen molar-refractivity contribution in [3.63, 3.8) is 0 Å². The molecule has 2 rings (SSSR count). The molecule has 0 unspecified atom stereocenters. The average molecular weight is 296 g/mol. The zero-order valence-electron chi connectivity index (χ0n) is 11.3. The number of guanidine groups is 1. The van der Waals surface area contributed by atoms with Crippen molar-refractivity contribution in [3.05, 3.63) is 35.9 Å². The van der Waals surface area contributed by atoms with Gasteiger partial charge in [0.15, 0.2) is 5.96 Å². The average Bonchev–Trinajstić information content (AvgIpc) is 2.47. The zero-order chi connectivity index (χ0) is 14.3. The molecule has 0 amide bonds. The van der Waals surface area contributed by atoms with Crippen molar-refractivity contribution >= 4 is 16.0 Å². The molecule has 0 atom stereocenters. The van der Waals surface area contributed by atoms with E-state index in [0.29, 0.717) is 19.0 Å². The summed E-state index contributed by atoms with van der Waals surface area (Å²) in [5, 5.41) is 6.08. The maximum absolute atomic E-state index is 11.8. The molecule has 1 heterocycles. The largest absolute Gasteiger partial charge is 0.356 e. The lowest BCUT2D eigenvalue weighted by molar-refractivity contribution is 0.579. The minimum absolute atomic E-state index is 0.0283. The maximum Gasteiger partial charge on any atom is 0.213 e. The van der Waals surface area contributed by atoms with Crippen LogP contribution in [0, 0.1) is 0 Å². The van der Waals surface area contributed by atoms with Crippen molar-refractivity contribution < 1.29 is 8.42 Å². The van der Waals surface area contributed by atoms with Gasteiger partial charge in [0.25, 0.3) is 0 Å². The van der Waals surface area contributed by atoms with Gasteiger partial charge in [0.2, 0.25) is 10.0 Å². The van der Waals surface area contributed by atoms with E-state index in [2.05, 4.69) is 20.3 Å². The Kier molecular flexibility index (Phi) is 5.37. The van der Waals surface area contributed by atoms with Crippen LogP contribution in [0.2, 0.25) is 0 Å². The van der Waals surface area contributed by atoms with E-state index in [-0.39, 0.29) is 5.75 Å². The third-order valence-electron chi connectivity index (χ3n) is 2.90. The molecule has 0 bridgehead atoms. The molecule has 0 saturated carbocycles. The topological polar surface area (TPSA) is 82.6 Å². The highest BCUT2D eigenvalue weighted by molar-refractivity contribution is 7.89. The molecule has 3 N–H and O–H groups in total. The molecule has 7 heteroatoms. The van der Waals surface area contributed by atoms with E-state index in [1.165, 1.54) is 0 Å². The first-order valence-corrected chi connectivity index (χ1v) is 8.34. The van der Waals surface area contributed by atoms with Gasteiger partial charge in [-0.05, 0) is 12.0 Å². The van der Waals surface area contributed by atoms with E-state index in [0.717, 1.165) is 25.1 Å². The van der Waals surface area contributed by atoms with Gasteiger partial charge in [0, 0.05) is 26.2 Å². The van der Waals surface area contributed by atoms with E-state index in [1.807, 2.05) is 30.3 Å². The summed E-state index contributed by atoms with van der Waals surface area (Å²) < 4.78 is 26.3. The van der Waals surface area contributed by atoms with Gasteiger partial charge >= 0.3 is 0 Å². The van der Waals surface area contributed by atoms with Crippen LogP contribution in [0.25, 0.3) is 0 Å². The molecule has 110 valence electrons. The number of rotatable bonds is 6. The second-order valence-corrected chi connectivity index (χ2v) is 6.49. The number of hydrogen-bond acceptors (Lipinski definition) is 5. The van der Waals surface area contributed by atoms with Crippen molar-refractivity contribution in [2.75, 3.05) is 25.4 Å². The standard InChI is InChI=1S/C13H20N4O2S/c18-20(19,17-11-12-5-2-1-3-6-12)10-9-16-13-14-7-4-8-15-13/h1-3,5-6,17H,4,7-11H2,(H2,14,15,16). The Bertz CT molecular complexity index is 543. The van der Waals surface area contributed by atoms with E-state index >= 15 is 0 Å². The van der Waals surface area contributed by atoms with Crippen LogP contribution < -0.4 is 15.4 Å². The number of nitrogens with zero attached hydrogens (tertiary/aromatic N) is 1. The molecule has 0 fully saturated rings. The minimum Gasteiger partial charge on any atom is -0.356 e. The fraction of sp³-hybridized carbons (Fsp3) is 0.462. The van der Waals surface area contributed by atoms with Gasteiger partial charge < -0.3 is 10.6 Å². The lowest BCUT2D eigenvalue weighted by atomic mass is 10.2. The normalized spacial score (nSPS) is 15.3. The van der Waals surface area contributed by atoms with E-state index in [9.17, 15) is 8.42 Å². The maximum atomic E-state index is 11.8. The van der Waals surface area contributed by atoms with Gasteiger partial charge in [-0.25, -0.2) is 13.1 Å². The summed E-state index contributed by atoms with van der Waals surface area (Å²) in [6, 6.07) is 9.46. The summed E-state index contributed by atoms with van der Waals surface area (Å²) in [7, 11) is -3.28. The van der Waals surface area contributed by atoms with E-state index < -0.39 is 10.0 Å². The quantitative estimate of drug-likeness (QED) is 0.692. The van der Waals surface area contributed by atoms with Crippen molar-refractivity contribution in [1.29, 1.82) is 0 Å². The summed E-state index contributed by atoms with van der Waals surface area (Å²) in [6.45, 7) is 2.33. The van der Waals surface area contributed by atoms with Crippen LogP contribution in [0.15, 0.2) is 35.3 Å². The predicted octanol–water partition coefficient (Wildman–Crippen LogP) is 0.0449. The molecular formula is C13H20N4O2S. The van der Waals surface area contributed by atoms with E-state index in [4.69, 9.17) is 0 Å². The molecular weight excluding hydrogens is 276 g/mol. The lowest BCUT2D eigenvalue weighted by Crippen LogP contribution is -2.43. The Morgan fingerprint density at radius 3 is 2.75 bits per heavy atom. The number of sulfonamides is 1. The highest BCUT2D eigenvalue weighted by Gasteiger charge is 2.10. The van der Waals surface area contributed by atoms with Crippen molar-refractivity contribution in [2.45, 2.75) is 13.0 Å². The van der Waals surface area contributed by atoms with E-state index in [1.54, 1.807) is 0 Å². The fourth-order valence-corrected chi connectivity index (χ4v) is 2.72. The van der Waals surface area contributed by atoms with Crippen molar-refractivity contribution in [3.8, 4) is 0 Å². The van der Waals surface area contributed by atoms with Crippen LogP contribution in [0.3, 0.4) is 0 Å². The smallest absolute Gasteiger partial charge is 0.213 e. The molecule has 0 aromatic heterocycles. The summed E-state index contributed by atoms with van der Waals surface area (Å²) in [5.74, 6) is 0.718. The fourth-order valence-electron chi connectivity index (χ4n) is 1.82. The van der Waals surface area contributed by atoms with Crippen molar-refractivity contribution in [2.24, 2.45) is 4.99 Å². The molecule has 20 heavy (non-hydrogen) atoms. The Hall–Kier alpha value is -1.60. The second kappa shape index (κ2) is 7.25. The highest BCUT2D eigenvalue weighted by Crippen LogP contribution is 1.98. The number of aliphatic imine (C=N–C) groups is 1. The van der Waals surface area contributed by atoms with Gasteiger partial charge in [-0.15, -0.1) is 0 Å². The molecule has 0 radical (unpaired) electrons. The predicted molar refractivity (Wildman–Crippen MR) is 80.0 cm³/mol. The number of hydrogen-bond donors (Lipinski definition) is 3. The minimum atomic E-state index is -3.28. The summed E-state index contributed by atoms with van der Waals surface area (Å²) in [4.78, 5) is 4.22. The lowest BCUT2D eigenvalue weighted by Gasteiger charge is -2.16. The Balaban J connectivity index is 1.72. The Morgan fingerprint density at radius 1 is 1.25 bits per heavy atom. The third kappa shape index (κ3) is 5.18. The van der Waals surface area contributed by atoms with Crippen LogP contribution in [-0.4, -0.2) is 39.8 Å². The van der Waals surface area contributed by atoms with Gasteiger partial charge in [0.1, 0.15) is 0 Å². The molecule has 1 aromatic carbocycles. The molecule has 1 aliphatic heterocycles. The number of nitrogens with one attached hydrogen (secondary N) is 3. The van der Waals surface area contributed by atoms with Gasteiger partial charge in [-0.2, -0.15) is 0 Å². The van der Waals surface area contributed by atoms with Crippen LogP contribution in [0.4, 0.5) is 0 Å². The monoisotopic (exact) mass is 296 g/mol. The first-order chi connectivity index (χ1) is 9.66. The summed E-state index contributed by atoms with van der Waals surface area (Å²) in [6.07, 6.45) is 1.02. The summed E-state index contributed by atoms with van der Waals surface area (Å²) >= 11 is 0. The Morgan fingerprint density at radius 2 is 2.05 bits per heavy atom. The first kappa shape index (κ1) is 14.8. The molecule has 1 aliphatic rings. The molecule has 0 aliphatic carbocycles. The zero-order valence-corrected chi connectivity index (χ0v) is 12.1. The van der Waals surface area contributed by atoms with Crippen LogP contribution in [0.5, 0.6) is 0 Å². The SMILES string of the molecule is O=S(=O)(CCNC1=NCCCN1)NCc1ccccc1. The number of benzene rings is 1. The summed E-state index contributed by atoms with van der Waals surface area (Å²) in [5.41, 5.74) is 0.947. The van der Waals surface area contributed by atoms with Gasteiger partial charge in [-0.3, -0.25) is 4.99 Å². The molecule has 1 aromatic rings. The molecule has 0 spiro atoms. The van der Waals surface area contributed by atoms with Crippen LogP contribution >= 0.6 is 0 Å². The third-order valence-corrected chi connectivity index (χ3v) is 4.23. The van der Waals surface area contributed by atoms with Crippen molar-refractivity contribution in [1.82, 2.24) is 15.4 Å². The van der Waals surface area contributed by atoms with Crippen LogP contribution in [0.1, 0.15) is 12.0 Å². The highest BCUT2D eigenvalue weighted by atomic mass is 32.2. The van der Waals surface area contributed by atoms with Gasteiger partial charge in [0.05, 0.1) is 5.75 Å². The van der Waals surface area contributed by atoms with Gasteiger partial charge in [-0.1, -0.05) is 30.3 Å². The molecule has 0 saturated heterocycles. The second-order valence-electron chi connectivity index (χ2n) is 4.56. The Labute approximate surface area is 119 Å².